The number of thioether (sulfide) groups is 1. The van der Waals surface area contributed by atoms with Crippen molar-refractivity contribution in [2.24, 2.45) is 0 Å². The van der Waals surface area contributed by atoms with E-state index in [1.165, 1.54) is 99.7 Å². The van der Waals surface area contributed by atoms with Crippen molar-refractivity contribution in [2.75, 3.05) is 10.2 Å². The maximum Gasteiger partial charge on any atom is 0.189 e. The van der Waals surface area contributed by atoms with Crippen LogP contribution in [0.15, 0.2) is 12.2 Å². The summed E-state index contributed by atoms with van der Waals surface area (Å²) in [5, 5.41) is 0.376. The molecule has 0 amide bonds. The topological polar surface area (TPSA) is 17.1 Å². The maximum atomic E-state index is 11.7. The number of carbonyl (C=O) groups excluding carboxylic acids is 1. The molecule has 0 N–H and O–H groups in total. The number of hydrogen-bond donors (Lipinski definition) is 0. The van der Waals surface area contributed by atoms with Crippen molar-refractivity contribution >= 4 is 39.5 Å². The molecule has 0 bridgehead atoms. The van der Waals surface area contributed by atoms with Crippen LogP contribution in [0.25, 0.3) is 0 Å². The molecule has 1 nitrogen and oxygen atoms in total. The largest absolute Gasteiger partial charge is 0.287 e. The second-order valence-corrected chi connectivity index (χ2v) is 8.78. The molecule has 0 saturated heterocycles. The second kappa shape index (κ2) is 21.5. The van der Waals surface area contributed by atoms with E-state index in [2.05, 4.69) is 41.7 Å². The molecule has 0 atom stereocenters. The lowest BCUT2D eigenvalue weighted by molar-refractivity contribution is -0.111. The summed E-state index contributed by atoms with van der Waals surface area (Å²) in [6.07, 6.45) is 23.7. The van der Waals surface area contributed by atoms with Gasteiger partial charge in [0.1, 0.15) is 0 Å². The maximum absolute atomic E-state index is 11.7. The van der Waals surface area contributed by atoms with Gasteiger partial charge < -0.3 is 0 Å². The molecule has 0 aliphatic rings. The summed E-state index contributed by atoms with van der Waals surface area (Å²) in [6, 6.07) is 0. The molecule has 0 aromatic heterocycles. The minimum atomic E-state index is 0.376. The van der Waals surface area contributed by atoms with Crippen LogP contribution in [-0.2, 0) is 4.79 Å². The number of carbonyl (C=O) groups is 1. The van der Waals surface area contributed by atoms with Crippen LogP contribution in [0.2, 0.25) is 0 Å². The first-order chi connectivity index (χ1) is 11.8. The van der Waals surface area contributed by atoms with E-state index in [4.69, 9.17) is 0 Å². The molecule has 0 unspecified atom stereocenters. The van der Waals surface area contributed by atoms with Gasteiger partial charge in [0.15, 0.2) is 5.12 Å². The van der Waals surface area contributed by atoms with E-state index in [0.29, 0.717) is 5.12 Å². The standard InChI is InChI=1S/C21H39IOS/c1-2-3-4-5-6-7-8-9-10-14-17-20-24-21(23)18-15-12-11-13-16-19-22/h14,17H,2-13,15-16,18-20H2,1H3/b17-14-. The van der Waals surface area contributed by atoms with Crippen LogP contribution in [0.3, 0.4) is 0 Å². The fourth-order valence-electron chi connectivity index (χ4n) is 2.69. The van der Waals surface area contributed by atoms with E-state index in [-0.39, 0.29) is 0 Å². The monoisotopic (exact) mass is 466 g/mol. The minimum absolute atomic E-state index is 0.376. The van der Waals surface area contributed by atoms with Crippen molar-refractivity contribution in [1.82, 2.24) is 0 Å². The fourth-order valence-corrected chi connectivity index (χ4v) is 3.94. The molecule has 142 valence electrons. The lowest BCUT2D eigenvalue weighted by atomic mass is 10.1. The van der Waals surface area contributed by atoms with Crippen LogP contribution >= 0.6 is 34.4 Å². The third kappa shape index (κ3) is 20.5. The summed E-state index contributed by atoms with van der Waals surface area (Å²) in [4.78, 5) is 11.7. The molecule has 0 spiro atoms. The van der Waals surface area contributed by atoms with Crippen molar-refractivity contribution in [3.63, 3.8) is 0 Å². The van der Waals surface area contributed by atoms with Crippen molar-refractivity contribution in [1.29, 1.82) is 0 Å². The van der Waals surface area contributed by atoms with Crippen molar-refractivity contribution in [3.05, 3.63) is 12.2 Å². The normalized spacial score (nSPS) is 11.4. The molecule has 0 heterocycles. The van der Waals surface area contributed by atoms with Crippen LogP contribution in [0.5, 0.6) is 0 Å². The van der Waals surface area contributed by atoms with Crippen LogP contribution in [0.4, 0.5) is 0 Å². The predicted molar refractivity (Wildman–Crippen MR) is 120 cm³/mol. The number of unbranched alkanes of at least 4 members (excludes halogenated alkanes) is 12. The van der Waals surface area contributed by atoms with E-state index in [1.54, 1.807) is 0 Å². The zero-order valence-corrected chi connectivity index (χ0v) is 18.8. The molecular formula is C21H39IOS. The zero-order chi connectivity index (χ0) is 17.7. The molecule has 24 heavy (non-hydrogen) atoms. The van der Waals surface area contributed by atoms with Gasteiger partial charge in [0.2, 0.25) is 0 Å². The Hall–Kier alpha value is 0.490. The van der Waals surface area contributed by atoms with Crippen LogP contribution in [0, 0.1) is 0 Å². The van der Waals surface area contributed by atoms with Gasteiger partial charge >= 0.3 is 0 Å². The first-order valence-corrected chi connectivity index (χ1v) is 12.7. The molecule has 0 aliphatic heterocycles. The quantitative estimate of drug-likeness (QED) is 0.0878. The van der Waals surface area contributed by atoms with Gasteiger partial charge in [-0.2, -0.15) is 0 Å². The van der Waals surface area contributed by atoms with E-state index in [9.17, 15) is 4.79 Å². The van der Waals surface area contributed by atoms with Gasteiger partial charge in [-0.1, -0.05) is 118 Å². The van der Waals surface area contributed by atoms with E-state index >= 15 is 0 Å². The number of allylic oxidation sites excluding steroid dienone is 1. The first kappa shape index (κ1) is 24.5. The van der Waals surface area contributed by atoms with Crippen molar-refractivity contribution in [2.45, 2.75) is 103 Å². The van der Waals surface area contributed by atoms with Gasteiger partial charge in [0.25, 0.3) is 0 Å². The van der Waals surface area contributed by atoms with Crippen molar-refractivity contribution in [3.8, 4) is 0 Å². The summed E-state index contributed by atoms with van der Waals surface area (Å²) >= 11 is 3.93. The fraction of sp³-hybridized carbons (Fsp3) is 0.857. The van der Waals surface area contributed by atoms with Gasteiger partial charge in [0.05, 0.1) is 0 Å². The molecule has 0 aliphatic carbocycles. The molecule has 0 aromatic carbocycles. The molecule has 0 saturated carbocycles. The highest BCUT2D eigenvalue weighted by atomic mass is 127. The first-order valence-electron chi connectivity index (χ1n) is 10.2. The predicted octanol–water partition coefficient (Wildman–Crippen LogP) is 8.11. The Morgan fingerprint density at radius 2 is 1.38 bits per heavy atom. The Kier molecular flexibility index (Phi) is 22.0. The highest BCUT2D eigenvalue weighted by molar-refractivity contribution is 14.1. The molecule has 0 radical (unpaired) electrons. The zero-order valence-electron chi connectivity index (χ0n) is 15.9. The number of rotatable bonds is 18. The summed E-state index contributed by atoms with van der Waals surface area (Å²) in [7, 11) is 0. The Labute approximate surface area is 169 Å². The highest BCUT2D eigenvalue weighted by Gasteiger charge is 2.00. The third-order valence-electron chi connectivity index (χ3n) is 4.25. The van der Waals surface area contributed by atoms with Gasteiger partial charge in [-0.3, -0.25) is 4.79 Å². The lowest BCUT2D eigenvalue weighted by Gasteiger charge is -2.00. The van der Waals surface area contributed by atoms with Crippen LogP contribution < -0.4 is 0 Å². The van der Waals surface area contributed by atoms with Gasteiger partial charge in [-0.25, -0.2) is 0 Å². The smallest absolute Gasteiger partial charge is 0.189 e. The molecule has 0 fully saturated rings. The summed E-state index contributed by atoms with van der Waals surface area (Å²) in [6.45, 7) is 2.27. The van der Waals surface area contributed by atoms with Crippen LogP contribution in [-0.4, -0.2) is 15.3 Å². The Morgan fingerprint density at radius 1 is 0.792 bits per heavy atom. The van der Waals surface area contributed by atoms with Crippen molar-refractivity contribution < 1.29 is 4.79 Å². The minimum Gasteiger partial charge on any atom is -0.287 e. The lowest BCUT2D eigenvalue weighted by Crippen LogP contribution is -1.92. The number of alkyl halides is 1. The summed E-state index contributed by atoms with van der Waals surface area (Å²) in [5.74, 6) is 0.866. The molecule has 0 rings (SSSR count). The molecular weight excluding hydrogens is 427 g/mol. The van der Waals surface area contributed by atoms with E-state index < -0.39 is 0 Å². The average molecular weight is 467 g/mol. The SMILES string of the molecule is CCCCCCCCCC/C=C\CSC(=O)CCCCCCCI. The molecule has 0 aromatic rings. The summed E-state index contributed by atoms with van der Waals surface area (Å²) < 4.78 is 1.26. The van der Waals surface area contributed by atoms with Crippen LogP contribution in [0.1, 0.15) is 103 Å². The van der Waals surface area contributed by atoms with Gasteiger partial charge in [-0.05, 0) is 30.1 Å². The van der Waals surface area contributed by atoms with Gasteiger partial charge in [-0.15, -0.1) is 0 Å². The highest BCUT2D eigenvalue weighted by Crippen LogP contribution is 2.13. The number of halogens is 1. The molecule has 3 heteroatoms. The Balaban J connectivity index is 3.23. The third-order valence-corrected chi connectivity index (χ3v) is 5.89. The summed E-state index contributed by atoms with van der Waals surface area (Å²) in [5.41, 5.74) is 0. The Bertz CT molecular complexity index is 292. The number of hydrogen-bond acceptors (Lipinski definition) is 2. The van der Waals surface area contributed by atoms with E-state index in [0.717, 1.165) is 18.6 Å². The Morgan fingerprint density at radius 3 is 2.04 bits per heavy atom. The van der Waals surface area contributed by atoms with Gasteiger partial charge in [0, 0.05) is 12.2 Å². The second-order valence-electron chi connectivity index (χ2n) is 6.62. The average Bonchev–Trinajstić information content (AvgIpc) is 2.59. The van der Waals surface area contributed by atoms with E-state index in [1.807, 2.05) is 0 Å².